The number of nitrogens with two attached hydrogens (primary N) is 1. The number of nitrogens with one attached hydrogen (secondary N) is 1. The summed E-state index contributed by atoms with van der Waals surface area (Å²) in [5.74, 6) is 5.64. The number of carbonyl (C=O) groups excluding carboxylic acids is 1. The van der Waals surface area contributed by atoms with Gasteiger partial charge in [0, 0.05) is 19.1 Å². The van der Waals surface area contributed by atoms with Crippen LogP contribution >= 0.6 is 0 Å². The highest BCUT2D eigenvalue weighted by molar-refractivity contribution is 5.77. The molecule has 4 nitrogen and oxygen atoms in total. The normalized spacial score (nSPS) is 14.8. The molecular formula is C16H25N3O. The Morgan fingerprint density at radius 2 is 1.90 bits per heavy atom. The molecule has 1 aromatic rings. The van der Waals surface area contributed by atoms with Gasteiger partial charge in [0.1, 0.15) is 0 Å². The minimum Gasteiger partial charge on any atom is -0.296 e. The predicted molar refractivity (Wildman–Crippen MR) is 80.7 cm³/mol. The zero-order valence-electron chi connectivity index (χ0n) is 12.4. The Morgan fingerprint density at radius 3 is 2.40 bits per heavy atom. The average Bonchev–Trinajstić information content (AvgIpc) is 3.24. The largest absolute Gasteiger partial charge is 0.296 e. The van der Waals surface area contributed by atoms with Crippen molar-refractivity contribution < 1.29 is 4.79 Å². The maximum Gasteiger partial charge on any atom is 0.238 e. The van der Waals surface area contributed by atoms with Gasteiger partial charge in [-0.25, -0.2) is 5.84 Å². The molecule has 1 aromatic carbocycles. The SMILES string of the molecule is CC(C)CN(Cc1ccc(CC(=O)NN)cc1)C1CC1. The van der Waals surface area contributed by atoms with Crippen LogP contribution in [0.4, 0.5) is 0 Å². The first-order valence-electron chi connectivity index (χ1n) is 7.39. The molecule has 1 amide bonds. The molecule has 3 N–H and O–H groups in total. The van der Waals surface area contributed by atoms with Crippen LogP contribution in [0, 0.1) is 5.92 Å². The van der Waals surface area contributed by atoms with Crippen LogP contribution in [0.1, 0.15) is 37.8 Å². The Bertz CT molecular complexity index is 438. The van der Waals surface area contributed by atoms with Gasteiger partial charge in [0.25, 0.3) is 0 Å². The molecule has 0 bridgehead atoms. The lowest BCUT2D eigenvalue weighted by molar-refractivity contribution is -0.120. The van der Waals surface area contributed by atoms with Crippen molar-refractivity contribution in [2.75, 3.05) is 6.54 Å². The summed E-state index contributed by atoms with van der Waals surface area (Å²) in [7, 11) is 0. The molecule has 0 aliphatic heterocycles. The number of benzene rings is 1. The molecule has 0 saturated heterocycles. The molecule has 0 atom stereocenters. The van der Waals surface area contributed by atoms with Crippen molar-refractivity contribution in [1.29, 1.82) is 0 Å². The van der Waals surface area contributed by atoms with Crippen LogP contribution < -0.4 is 11.3 Å². The summed E-state index contributed by atoms with van der Waals surface area (Å²) in [6.07, 6.45) is 3.01. The van der Waals surface area contributed by atoms with Crippen molar-refractivity contribution in [1.82, 2.24) is 10.3 Å². The second-order valence-corrected chi connectivity index (χ2v) is 6.12. The Balaban J connectivity index is 1.93. The first kappa shape index (κ1) is 15.0. The van der Waals surface area contributed by atoms with Gasteiger partial charge in [0.2, 0.25) is 5.91 Å². The summed E-state index contributed by atoms with van der Waals surface area (Å²) >= 11 is 0. The van der Waals surface area contributed by atoms with E-state index >= 15 is 0 Å². The van der Waals surface area contributed by atoms with Crippen LogP contribution in [-0.2, 0) is 17.8 Å². The monoisotopic (exact) mass is 275 g/mol. The molecule has 1 saturated carbocycles. The molecule has 0 unspecified atom stereocenters. The van der Waals surface area contributed by atoms with E-state index in [2.05, 4.69) is 36.3 Å². The van der Waals surface area contributed by atoms with Crippen LogP contribution in [0.5, 0.6) is 0 Å². The minimum absolute atomic E-state index is 0.155. The molecule has 110 valence electrons. The number of amides is 1. The highest BCUT2D eigenvalue weighted by Crippen LogP contribution is 2.29. The van der Waals surface area contributed by atoms with Gasteiger partial charge in [-0.15, -0.1) is 0 Å². The van der Waals surface area contributed by atoms with E-state index in [1.807, 2.05) is 12.1 Å². The van der Waals surface area contributed by atoms with Gasteiger partial charge in [-0.2, -0.15) is 0 Å². The van der Waals surface area contributed by atoms with E-state index in [9.17, 15) is 4.79 Å². The standard InChI is InChI=1S/C16H25N3O/c1-12(2)10-19(15-7-8-15)11-14-5-3-13(4-6-14)9-16(20)18-17/h3-6,12,15H,7-11,17H2,1-2H3,(H,18,20). The van der Waals surface area contributed by atoms with Crippen molar-refractivity contribution in [2.24, 2.45) is 11.8 Å². The predicted octanol–water partition coefficient (Wildman–Crippen LogP) is 1.84. The first-order valence-corrected chi connectivity index (χ1v) is 7.39. The Morgan fingerprint density at radius 1 is 1.30 bits per heavy atom. The molecule has 4 heteroatoms. The van der Waals surface area contributed by atoms with Crippen molar-refractivity contribution in [2.45, 2.75) is 45.7 Å². The smallest absolute Gasteiger partial charge is 0.238 e. The van der Waals surface area contributed by atoms with Gasteiger partial charge in [-0.3, -0.25) is 15.1 Å². The van der Waals surface area contributed by atoms with Crippen LogP contribution in [0.15, 0.2) is 24.3 Å². The van der Waals surface area contributed by atoms with E-state index in [0.717, 1.165) is 24.7 Å². The molecule has 1 aliphatic carbocycles. The van der Waals surface area contributed by atoms with Crippen LogP contribution in [0.25, 0.3) is 0 Å². The number of hydrazine groups is 1. The molecule has 0 spiro atoms. The van der Waals surface area contributed by atoms with Crippen molar-refractivity contribution in [3.05, 3.63) is 35.4 Å². The third kappa shape index (κ3) is 4.62. The summed E-state index contributed by atoms with van der Waals surface area (Å²) in [5, 5.41) is 0. The fourth-order valence-electron chi connectivity index (χ4n) is 2.48. The van der Waals surface area contributed by atoms with E-state index in [1.54, 1.807) is 0 Å². The van der Waals surface area contributed by atoms with Gasteiger partial charge in [0.15, 0.2) is 0 Å². The second kappa shape index (κ2) is 6.86. The van der Waals surface area contributed by atoms with E-state index in [-0.39, 0.29) is 5.91 Å². The number of hydrogen-bond donors (Lipinski definition) is 2. The number of rotatable bonds is 7. The highest BCUT2D eigenvalue weighted by Gasteiger charge is 2.29. The van der Waals surface area contributed by atoms with E-state index in [1.165, 1.54) is 18.4 Å². The Labute approximate surface area is 121 Å². The summed E-state index contributed by atoms with van der Waals surface area (Å²) in [6.45, 7) is 6.70. The zero-order valence-corrected chi connectivity index (χ0v) is 12.4. The number of hydrogen-bond acceptors (Lipinski definition) is 3. The molecular weight excluding hydrogens is 250 g/mol. The highest BCUT2D eigenvalue weighted by atomic mass is 16.2. The van der Waals surface area contributed by atoms with Gasteiger partial charge >= 0.3 is 0 Å². The van der Waals surface area contributed by atoms with Crippen molar-refractivity contribution in [3.8, 4) is 0 Å². The van der Waals surface area contributed by atoms with Crippen LogP contribution in [0.2, 0.25) is 0 Å². The van der Waals surface area contributed by atoms with Gasteiger partial charge in [-0.1, -0.05) is 38.1 Å². The molecule has 0 radical (unpaired) electrons. The molecule has 0 heterocycles. The first-order chi connectivity index (χ1) is 9.58. The van der Waals surface area contributed by atoms with Crippen molar-refractivity contribution in [3.63, 3.8) is 0 Å². The number of carbonyl (C=O) groups is 1. The third-order valence-electron chi connectivity index (χ3n) is 3.60. The van der Waals surface area contributed by atoms with Crippen LogP contribution in [-0.4, -0.2) is 23.4 Å². The van der Waals surface area contributed by atoms with E-state index in [0.29, 0.717) is 12.3 Å². The minimum atomic E-state index is -0.155. The lowest BCUT2D eigenvalue weighted by Gasteiger charge is -2.24. The second-order valence-electron chi connectivity index (χ2n) is 6.12. The topological polar surface area (TPSA) is 58.4 Å². The van der Waals surface area contributed by atoms with Gasteiger partial charge < -0.3 is 0 Å². The van der Waals surface area contributed by atoms with E-state index in [4.69, 9.17) is 5.84 Å². The molecule has 1 aliphatic rings. The fourth-order valence-corrected chi connectivity index (χ4v) is 2.48. The lowest BCUT2D eigenvalue weighted by Crippen LogP contribution is -2.31. The maximum absolute atomic E-state index is 11.2. The molecule has 2 rings (SSSR count). The number of nitrogens with zero attached hydrogens (tertiary/aromatic N) is 1. The Hall–Kier alpha value is -1.39. The molecule has 1 fully saturated rings. The Kier molecular flexibility index (Phi) is 5.15. The van der Waals surface area contributed by atoms with Crippen LogP contribution in [0.3, 0.4) is 0 Å². The van der Waals surface area contributed by atoms with Crippen molar-refractivity contribution >= 4 is 5.91 Å². The van der Waals surface area contributed by atoms with E-state index < -0.39 is 0 Å². The molecule has 0 aromatic heterocycles. The molecule has 20 heavy (non-hydrogen) atoms. The quantitative estimate of drug-likeness (QED) is 0.453. The third-order valence-corrected chi connectivity index (χ3v) is 3.60. The summed E-state index contributed by atoms with van der Waals surface area (Å²) < 4.78 is 0. The maximum atomic E-state index is 11.2. The summed E-state index contributed by atoms with van der Waals surface area (Å²) in [4.78, 5) is 13.8. The zero-order chi connectivity index (χ0) is 14.5. The fraction of sp³-hybridized carbons (Fsp3) is 0.562. The van der Waals surface area contributed by atoms with Gasteiger partial charge in [0.05, 0.1) is 6.42 Å². The summed E-state index contributed by atoms with van der Waals surface area (Å²) in [6, 6.07) is 9.06. The lowest BCUT2D eigenvalue weighted by atomic mass is 10.1. The average molecular weight is 275 g/mol. The van der Waals surface area contributed by atoms with Gasteiger partial charge in [-0.05, 0) is 29.9 Å². The summed E-state index contributed by atoms with van der Waals surface area (Å²) in [5.41, 5.74) is 4.47.